The number of carbonyl (C=O) groups is 2. The van der Waals surface area contributed by atoms with Crippen molar-refractivity contribution in [3.8, 4) is 5.75 Å². The first kappa shape index (κ1) is 25.5. The third-order valence-electron chi connectivity index (χ3n) is 5.16. The predicted molar refractivity (Wildman–Crippen MR) is 137 cm³/mol. The molecule has 0 bridgehead atoms. The number of hydrogen-bond acceptors (Lipinski definition) is 8. The molecule has 4 aromatic rings. The van der Waals surface area contributed by atoms with Crippen LogP contribution in [0.4, 0.5) is 11.4 Å². The summed E-state index contributed by atoms with van der Waals surface area (Å²) in [5.74, 6) is -0.0701. The molecule has 3 aromatic carbocycles. The molecule has 188 valence electrons. The number of nitrogens with one attached hydrogen (secondary N) is 1. The zero-order valence-corrected chi connectivity index (χ0v) is 20.7. The summed E-state index contributed by atoms with van der Waals surface area (Å²) < 4.78 is 15.9. The molecule has 0 unspecified atom stereocenters. The molecular weight excluding hydrogens is 496 g/mol. The van der Waals surface area contributed by atoms with Gasteiger partial charge >= 0.3 is 5.97 Å². The van der Waals surface area contributed by atoms with Gasteiger partial charge in [0.05, 0.1) is 17.6 Å². The maximum Gasteiger partial charge on any atom is 0.337 e. The first-order valence-electron chi connectivity index (χ1n) is 11.1. The number of hydrogen-bond donors (Lipinski definition) is 1. The number of furan rings is 1. The van der Waals surface area contributed by atoms with Gasteiger partial charge in [0.25, 0.3) is 11.6 Å². The molecule has 9 nitrogen and oxygen atoms in total. The predicted octanol–water partition coefficient (Wildman–Crippen LogP) is 6.27. The van der Waals surface area contributed by atoms with Crippen LogP contribution < -0.4 is 10.1 Å². The van der Waals surface area contributed by atoms with Crippen molar-refractivity contribution in [1.29, 1.82) is 0 Å². The summed E-state index contributed by atoms with van der Waals surface area (Å²) in [5.41, 5.74) is 1.64. The molecule has 10 heteroatoms. The van der Waals surface area contributed by atoms with Crippen molar-refractivity contribution in [2.45, 2.75) is 23.3 Å². The molecule has 1 aromatic heterocycles. The number of benzene rings is 3. The van der Waals surface area contributed by atoms with Gasteiger partial charge in [0.15, 0.2) is 5.76 Å². The van der Waals surface area contributed by atoms with E-state index in [-0.39, 0.29) is 23.7 Å². The van der Waals surface area contributed by atoms with Crippen molar-refractivity contribution in [3.05, 3.63) is 112 Å². The van der Waals surface area contributed by atoms with Crippen LogP contribution in [-0.2, 0) is 11.3 Å². The van der Waals surface area contributed by atoms with E-state index >= 15 is 0 Å². The van der Waals surface area contributed by atoms with Crippen molar-refractivity contribution in [3.63, 3.8) is 0 Å². The van der Waals surface area contributed by atoms with Gasteiger partial charge in [-0.15, -0.1) is 0 Å². The largest absolute Gasteiger partial charge is 0.486 e. The second kappa shape index (κ2) is 11.4. The van der Waals surface area contributed by atoms with Crippen LogP contribution in [0.25, 0.3) is 0 Å². The number of anilines is 1. The Kier molecular flexibility index (Phi) is 7.89. The minimum Gasteiger partial charge on any atom is -0.486 e. The lowest BCUT2D eigenvalue weighted by Crippen LogP contribution is -2.11. The van der Waals surface area contributed by atoms with Crippen LogP contribution >= 0.6 is 11.8 Å². The summed E-state index contributed by atoms with van der Waals surface area (Å²) in [4.78, 5) is 36.7. The van der Waals surface area contributed by atoms with E-state index in [0.717, 1.165) is 10.5 Å². The van der Waals surface area contributed by atoms with Crippen LogP contribution in [-0.4, -0.2) is 23.9 Å². The fourth-order valence-electron chi connectivity index (χ4n) is 3.29. The highest BCUT2D eigenvalue weighted by Crippen LogP contribution is 2.33. The third kappa shape index (κ3) is 6.77. The average Bonchev–Trinajstić information content (AvgIpc) is 3.38. The Bertz CT molecular complexity index is 1430. The lowest BCUT2D eigenvalue weighted by Gasteiger charge is -2.08. The van der Waals surface area contributed by atoms with Gasteiger partial charge in [0.2, 0.25) is 0 Å². The first-order chi connectivity index (χ1) is 17.8. The number of nitro benzene ring substituents is 1. The fourth-order valence-corrected chi connectivity index (χ4v) is 4.20. The van der Waals surface area contributed by atoms with Gasteiger partial charge < -0.3 is 19.2 Å². The summed E-state index contributed by atoms with van der Waals surface area (Å²) in [6.07, 6.45) is 0. The van der Waals surface area contributed by atoms with Crippen molar-refractivity contribution in [2.24, 2.45) is 0 Å². The van der Waals surface area contributed by atoms with Gasteiger partial charge in [-0.05, 0) is 61.5 Å². The van der Waals surface area contributed by atoms with E-state index in [1.807, 2.05) is 31.2 Å². The third-order valence-corrected chi connectivity index (χ3v) is 6.14. The molecular formula is C27H22N2O7S. The molecule has 0 aliphatic rings. The van der Waals surface area contributed by atoms with Gasteiger partial charge in [-0.2, -0.15) is 0 Å². The summed E-state index contributed by atoms with van der Waals surface area (Å²) >= 11 is 1.36. The molecule has 0 atom stereocenters. The Balaban J connectivity index is 1.42. The average molecular weight is 519 g/mol. The minimum absolute atomic E-state index is 0.0267. The zero-order chi connectivity index (χ0) is 26.4. The van der Waals surface area contributed by atoms with Gasteiger partial charge in [0.1, 0.15) is 18.1 Å². The second-order valence-corrected chi connectivity index (χ2v) is 9.06. The molecule has 4 rings (SSSR count). The maximum absolute atomic E-state index is 12.8. The Morgan fingerprint density at radius 2 is 1.70 bits per heavy atom. The van der Waals surface area contributed by atoms with E-state index in [1.54, 1.807) is 36.4 Å². The van der Waals surface area contributed by atoms with Crippen LogP contribution in [0.15, 0.2) is 93.1 Å². The number of amides is 1. The molecule has 1 N–H and O–H groups in total. The zero-order valence-electron chi connectivity index (χ0n) is 19.9. The standard InChI is InChI=1S/C27H22N2O7S/c1-17-3-10-23(11-4-17)37-24-14-19(13-20(15-24)29(32)33)28-26(30)25-12-9-22(36-25)16-35-21-7-5-18(6-8-21)27(31)34-2/h3-15H,16H2,1-2H3,(H,28,30). The fraction of sp³-hybridized carbons (Fsp3) is 0.111. The number of rotatable bonds is 9. The SMILES string of the molecule is COC(=O)c1ccc(OCc2ccc(C(=O)Nc3cc(Sc4ccc(C)cc4)cc([N+](=O)[O-])c3)o2)cc1. The number of ether oxygens (including phenoxy) is 2. The maximum atomic E-state index is 12.8. The van der Waals surface area contributed by atoms with E-state index in [2.05, 4.69) is 10.1 Å². The first-order valence-corrected chi connectivity index (χ1v) is 11.9. The quantitative estimate of drug-likeness (QED) is 0.156. The Morgan fingerprint density at radius 1 is 0.973 bits per heavy atom. The molecule has 37 heavy (non-hydrogen) atoms. The number of non-ortho nitro benzene ring substituents is 1. The molecule has 1 amide bonds. The van der Waals surface area contributed by atoms with E-state index < -0.39 is 16.8 Å². The molecule has 0 radical (unpaired) electrons. The highest BCUT2D eigenvalue weighted by Gasteiger charge is 2.16. The summed E-state index contributed by atoms with van der Waals surface area (Å²) in [6, 6.07) is 21.7. The van der Waals surface area contributed by atoms with Gasteiger partial charge in [-0.25, -0.2) is 4.79 Å². The lowest BCUT2D eigenvalue weighted by atomic mass is 10.2. The molecule has 0 fully saturated rings. The van der Waals surface area contributed by atoms with Gasteiger partial charge in [0, 0.05) is 27.6 Å². The lowest BCUT2D eigenvalue weighted by molar-refractivity contribution is -0.385. The van der Waals surface area contributed by atoms with Crippen molar-refractivity contribution in [2.75, 3.05) is 12.4 Å². The van der Waals surface area contributed by atoms with Crippen molar-refractivity contribution in [1.82, 2.24) is 0 Å². The van der Waals surface area contributed by atoms with Crippen LogP contribution in [0.2, 0.25) is 0 Å². The molecule has 1 heterocycles. The smallest absolute Gasteiger partial charge is 0.337 e. The van der Waals surface area contributed by atoms with Crippen LogP contribution in [0, 0.1) is 17.0 Å². The topological polar surface area (TPSA) is 121 Å². The van der Waals surface area contributed by atoms with E-state index in [0.29, 0.717) is 22.0 Å². The van der Waals surface area contributed by atoms with Gasteiger partial charge in [-0.3, -0.25) is 14.9 Å². The number of nitrogens with zero attached hydrogens (tertiary/aromatic N) is 1. The number of methoxy groups -OCH3 is 1. The molecule has 0 aliphatic heterocycles. The van der Waals surface area contributed by atoms with Gasteiger partial charge in [-0.1, -0.05) is 29.5 Å². The van der Waals surface area contributed by atoms with Crippen LogP contribution in [0.5, 0.6) is 5.75 Å². The normalized spacial score (nSPS) is 10.5. The molecule has 0 saturated heterocycles. The molecule has 0 saturated carbocycles. The van der Waals surface area contributed by atoms with E-state index in [4.69, 9.17) is 9.15 Å². The van der Waals surface area contributed by atoms with Crippen LogP contribution in [0.1, 0.15) is 32.2 Å². The summed E-state index contributed by atoms with van der Waals surface area (Å²) in [6.45, 7) is 2.03. The van der Waals surface area contributed by atoms with E-state index in [9.17, 15) is 19.7 Å². The highest BCUT2D eigenvalue weighted by molar-refractivity contribution is 7.99. The monoisotopic (exact) mass is 518 g/mol. The second-order valence-electron chi connectivity index (χ2n) is 7.91. The number of esters is 1. The Morgan fingerprint density at radius 3 is 2.38 bits per heavy atom. The Hall–Kier alpha value is -4.57. The van der Waals surface area contributed by atoms with E-state index in [1.165, 1.54) is 37.1 Å². The summed E-state index contributed by atoms with van der Waals surface area (Å²) in [5, 5.41) is 14.1. The minimum atomic E-state index is -0.555. The molecule has 0 aliphatic carbocycles. The number of nitro groups is 1. The number of carbonyl (C=O) groups excluding carboxylic acids is 2. The van der Waals surface area contributed by atoms with Crippen molar-refractivity contribution >= 4 is 35.0 Å². The summed E-state index contributed by atoms with van der Waals surface area (Å²) in [7, 11) is 1.31. The highest BCUT2D eigenvalue weighted by atomic mass is 32.2. The van der Waals surface area contributed by atoms with Crippen molar-refractivity contribution < 1.29 is 28.4 Å². The number of aryl methyl sites for hydroxylation is 1. The molecule has 0 spiro atoms. The Labute approximate surface area is 216 Å². The van der Waals surface area contributed by atoms with Crippen LogP contribution in [0.3, 0.4) is 0 Å².